The normalized spacial score (nSPS) is 17.2. The van der Waals surface area contributed by atoms with E-state index in [9.17, 15) is 9.90 Å². The van der Waals surface area contributed by atoms with Crippen molar-refractivity contribution in [2.24, 2.45) is 0 Å². The number of carboxylic acids is 1. The Morgan fingerprint density at radius 2 is 2.10 bits per heavy atom. The van der Waals surface area contributed by atoms with Gasteiger partial charge in [0, 0.05) is 28.2 Å². The standard InChI is InChI=1S/C16H17ClN2O2/c17-13-8-7-12(14-11(13)6-3-9-18-14)15(16(20)21)19-10-4-1-2-5-10/h3,6-10,15,19H,1-2,4-5H2,(H,20,21). The molecule has 21 heavy (non-hydrogen) atoms. The molecule has 1 saturated carbocycles. The maximum absolute atomic E-state index is 11.7. The van der Waals surface area contributed by atoms with E-state index in [0.717, 1.165) is 31.1 Å². The van der Waals surface area contributed by atoms with Gasteiger partial charge in [-0.2, -0.15) is 0 Å². The van der Waals surface area contributed by atoms with E-state index in [2.05, 4.69) is 10.3 Å². The fourth-order valence-electron chi connectivity index (χ4n) is 3.01. The van der Waals surface area contributed by atoms with E-state index in [-0.39, 0.29) is 6.04 Å². The highest BCUT2D eigenvalue weighted by Gasteiger charge is 2.27. The summed E-state index contributed by atoms with van der Waals surface area (Å²) >= 11 is 6.18. The van der Waals surface area contributed by atoms with E-state index >= 15 is 0 Å². The zero-order valence-electron chi connectivity index (χ0n) is 11.6. The first-order chi connectivity index (χ1) is 10.2. The van der Waals surface area contributed by atoms with E-state index in [0.29, 0.717) is 16.1 Å². The first-order valence-corrected chi connectivity index (χ1v) is 7.56. The van der Waals surface area contributed by atoms with Crippen molar-refractivity contribution in [1.29, 1.82) is 0 Å². The predicted octanol–water partition coefficient (Wildman–Crippen LogP) is 3.55. The van der Waals surface area contributed by atoms with Crippen molar-refractivity contribution < 1.29 is 9.90 Å². The molecule has 1 aromatic carbocycles. The van der Waals surface area contributed by atoms with Gasteiger partial charge in [-0.3, -0.25) is 15.1 Å². The minimum atomic E-state index is -0.879. The van der Waals surface area contributed by atoms with Crippen LogP contribution in [0.4, 0.5) is 0 Å². The van der Waals surface area contributed by atoms with Gasteiger partial charge in [0.2, 0.25) is 0 Å². The molecule has 1 atom stereocenters. The Morgan fingerprint density at radius 3 is 2.81 bits per heavy atom. The van der Waals surface area contributed by atoms with Gasteiger partial charge in [-0.25, -0.2) is 0 Å². The molecule has 0 amide bonds. The molecule has 110 valence electrons. The maximum Gasteiger partial charge on any atom is 0.325 e. The van der Waals surface area contributed by atoms with Crippen molar-refractivity contribution >= 4 is 28.5 Å². The van der Waals surface area contributed by atoms with E-state index in [1.54, 1.807) is 24.4 Å². The smallest absolute Gasteiger partial charge is 0.325 e. The van der Waals surface area contributed by atoms with Gasteiger partial charge in [-0.1, -0.05) is 30.5 Å². The number of carboxylic acid groups (broad SMARTS) is 1. The number of pyridine rings is 1. The van der Waals surface area contributed by atoms with Gasteiger partial charge in [0.05, 0.1) is 5.52 Å². The lowest BCUT2D eigenvalue weighted by Crippen LogP contribution is -2.35. The SMILES string of the molecule is O=C(O)C(NC1CCCC1)c1ccc(Cl)c2cccnc12. The summed E-state index contributed by atoms with van der Waals surface area (Å²) in [4.78, 5) is 16.0. The fraction of sp³-hybridized carbons (Fsp3) is 0.375. The Hall–Kier alpha value is -1.65. The lowest BCUT2D eigenvalue weighted by Gasteiger charge is -2.21. The van der Waals surface area contributed by atoms with Crippen LogP contribution in [0.1, 0.15) is 37.3 Å². The van der Waals surface area contributed by atoms with E-state index in [1.165, 1.54) is 0 Å². The second-order valence-electron chi connectivity index (χ2n) is 5.46. The summed E-state index contributed by atoms with van der Waals surface area (Å²) in [6.07, 6.45) is 6.04. The van der Waals surface area contributed by atoms with Crippen LogP contribution >= 0.6 is 11.6 Å². The van der Waals surface area contributed by atoms with Crippen LogP contribution in [0, 0.1) is 0 Å². The number of aliphatic carboxylic acids is 1. The zero-order valence-corrected chi connectivity index (χ0v) is 12.3. The number of hydrogen-bond donors (Lipinski definition) is 2. The third-order valence-electron chi connectivity index (χ3n) is 4.06. The molecule has 3 rings (SSSR count). The summed E-state index contributed by atoms with van der Waals surface area (Å²) in [6.45, 7) is 0. The van der Waals surface area contributed by atoms with Crippen LogP contribution in [0.3, 0.4) is 0 Å². The molecule has 0 aliphatic heterocycles. The lowest BCUT2D eigenvalue weighted by atomic mass is 10.0. The molecule has 1 aliphatic carbocycles. The van der Waals surface area contributed by atoms with Crippen LogP contribution in [-0.2, 0) is 4.79 Å². The molecular weight excluding hydrogens is 288 g/mol. The Kier molecular flexibility index (Phi) is 4.08. The number of aromatic nitrogens is 1. The summed E-state index contributed by atoms with van der Waals surface area (Å²) in [5.41, 5.74) is 1.33. The first-order valence-electron chi connectivity index (χ1n) is 7.19. The second kappa shape index (κ2) is 6.00. The molecule has 1 aromatic heterocycles. The molecule has 2 N–H and O–H groups in total. The van der Waals surface area contributed by atoms with E-state index < -0.39 is 12.0 Å². The average molecular weight is 305 g/mol. The minimum absolute atomic E-state index is 0.264. The molecule has 0 saturated heterocycles. The molecule has 1 heterocycles. The summed E-state index contributed by atoms with van der Waals surface area (Å²) in [5, 5.41) is 14.2. The molecule has 0 spiro atoms. The number of nitrogens with zero attached hydrogens (tertiary/aromatic N) is 1. The molecule has 2 aromatic rings. The maximum atomic E-state index is 11.7. The fourth-order valence-corrected chi connectivity index (χ4v) is 3.23. The van der Waals surface area contributed by atoms with Crippen LogP contribution < -0.4 is 5.32 Å². The van der Waals surface area contributed by atoms with Crippen molar-refractivity contribution in [3.63, 3.8) is 0 Å². The highest BCUT2D eigenvalue weighted by atomic mass is 35.5. The first kappa shape index (κ1) is 14.3. The highest BCUT2D eigenvalue weighted by Crippen LogP contribution is 2.30. The molecular formula is C16H17ClN2O2. The third-order valence-corrected chi connectivity index (χ3v) is 4.39. The summed E-state index contributed by atoms with van der Waals surface area (Å²) in [5.74, 6) is -0.879. The minimum Gasteiger partial charge on any atom is -0.480 e. The molecule has 5 heteroatoms. The zero-order chi connectivity index (χ0) is 14.8. The monoisotopic (exact) mass is 304 g/mol. The second-order valence-corrected chi connectivity index (χ2v) is 5.86. The van der Waals surface area contributed by atoms with Gasteiger partial charge in [-0.15, -0.1) is 0 Å². The predicted molar refractivity (Wildman–Crippen MR) is 82.5 cm³/mol. The Balaban J connectivity index is 2.02. The van der Waals surface area contributed by atoms with Crippen molar-refractivity contribution in [3.05, 3.63) is 41.0 Å². The molecule has 4 nitrogen and oxygen atoms in total. The number of rotatable bonds is 4. The largest absolute Gasteiger partial charge is 0.480 e. The van der Waals surface area contributed by atoms with Gasteiger partial charge < -0.3 is 5.11 Å². The summed E-state index contributed by atoms with van der Waals surface area (Å²) in [6, 6.07) is 6.69. The average Bonchev–Trinajstić information content (AvgIpc) is 2.99. The molecule has 1 fully saturated rings. The lowest BCUT2D eigenvalue weighted by molar-refractivity contribution is -0.139. The van der Waals surface area contributed by atoms with Crippen LogP contribution in [0.5, 0.6) is 0 Å². The third kappa shape index (κ3) is 2.87. The number of fused-ring (bicyclic) bond motifs is 1. The van der Waals surface area contributed by atoms with Crippen LogP contribution in [0.25, 0.3) is 10.9 Å². The van der Waals surface area contributed by atoms with E-state index in [1.807, 2.05) is 6.07 Å². The van der Waals surface area contributed by atoms with Gasteiger partial charge >= 0.3 is 5.97 Å². The quantitative estimate of drug-likeness (QED) is 0.907. The molecule has 1 aliphatic rings. The number of hydrogen-bond acceptors (Lipinski definition) is 3. The molecule has 1 unspecified atom stereocenters. The number of halogens is 1. The summed E-state index contributed by atoms with van der Waals surface area (Å²) < 4.78 is 0. The molecule has 0 bridgehead atoms. The number of carbonyl (C=O) groups is 1. The van der Waals surface area contributed by atoms with Gasteiger partial charge in [0.1, 0.15) is 6.04 Å². The van der Waals surface area contributed by atoms with Crippen molar-refractivity contribution in [2.45, 2.75) is 37.8 Å². The van der Waals surface area contributed by atoms with Crippen LogP contribution in [0.15, 0.2) is 30.5 Å². The van der Waals surface area contributed by atoms with Crippen LogP contribution in [0.2, 0.25) is 5.02 Å². The van der Waals surface area contributed by atoms with Gasteiger partial charge in [0.15, 0.2) is 0 Å². The Labute approximate surface area is 128 Å². The van der Waals surface area contributed by atoms with Gasteiger partial charge in [-0.05, 0) is 31.0 Å². The highest BCUT2D eigenvalue weighted by molar-refractivity contribution is 6.35. The van der Waals surface area contributed by atoms with E-state index in [4.69, 9.17) is 11.6 Å². The van der Waals surface area contributed by atoms with Gasteiger partial charge in [0.25, 0.3) is 0 Å². The Bertz CT molecular complexity index is 668. The molecule has 0 radical (unpaired) electrons. The number of benzene rings is 1. The topological polar surface area (TPSA) is 62.2 Å². The van der Waals surface area contributed by atoms with Crippen LogP contribution in [-0.4, -0.2) is 22.1 Å². The van der Waals surface area contributed by atoms with Crippen molar-refractivity contribution in [1.82, 2.24) is 10.3 Å². The number of nitrogens with one attached hydrogen (secondary N) is 1. The van der Waals surface area contributed by atoms with Crippen molar-refractivity contribution in [3.8, 4) is 0 Å². The summed E-state index contributed by atoms with van der Waals surface area (Å²) in [7, 11) is 0. The Morgan fingerprint density at radius 1 is 1.33 bits per heavy atom. The van der Waals surface area contributed by atoms with Crippen molar-refractivity contribution in [2.75, 3.05) is 0 Å².